The van der Waals surface area contributed by atoms with Gasteiger partial charge in [0.1, 0.15) is 3.93 Å². The van der Waals surface area contributed by atoms with E-state index in [9.17, 15) is 65.4 Å². The van der Waals surface area contributed by atoms with Crippen molar-refractivity contribution in [1.29, 1.82) is 0 Å². The minimum atomic E-state index is -6.16. The highest BCUT2D eigenvalue weighted by atomic mass is 35.7. The third-order valence-electron chi connectivity index (χ3n) is 0.542. The van der Waals surface area contributed by atoms with Crippen LogP contribution in [-0.2, 0) is 70.9 Å². The second kappa shape index (κ2) is 17.1. The Morgan fingerprint density at radius 2 is 0.657 bits per heavy atom. The first-order valence-corrected chi connectivity index (χ1v) is 16.2. The van der Waals surface area contributed by atoms with Crippen LogP contribution in [0.5, 0.6) is 0 Å². The molecule has 0 aliphatic rings. The van der Waals surface area contributed by atoms with E-state index in [1.165, 1.54) is 0 Å². The lowest BCUT2D eigenvalue weighted by molar-refractivity contribution is 0.228. The Kier molecular flexibility index (Phi) is 23.3. The Morgan fingerprint density at radius 1 is 0.543 bits per heavy atom. The van der Waals surface area contributed by atoms with Gasteiger partial charge in [-0.2, -0.15) is 58.9 Å². The van der Waals surface area contributed by atoms with Crippen LogP contribution in [0.4, 0.5) is 31.7 Å². The zero-order valence-corrected chi connectivity index (χ0v) is 21.8. The van der Waals surface area contributed by atoms with Crippen molar-refractivity contribution in [1.82, 2.24) is 14.2 Å². The van der Waals surface area contributed by atoms with Gasteiger partial charge in [0.2, 0.25) is 0 Å². The van der Waals surface area contributed by atoms with Gasteiger partial charge in [-0.15, -0.1) is 0 Å². The molecular formula is H6Cl2F8N4O14S7. The van der Waals surface area contributed by atoms with E-state index in [1.54, 1.807) is 0 Å². The topological polar surface area (TPSA) is 315 Å². The summed E-state index contributed by atoms with van der Waals surface area (Å²) in [5, 5.41) is 3.66. The van der Waals surface area contributed by atoms with Crippen molar-refractivity contribution in [3.63, 3.8) is 0 Å². The summed E-state index contributed by atoms with van der Waals surface area (Å²) in [4.78, 5) is 0. The fourth-order valence-electron chi connectivity index (χ4n) is 0.225. The largest absolute Gasteiger partial charge is 0.418 e. The zero-order valence-electron chi connectivity index (χ0n) is 14.6. The minimum Gasteiger partial charge on any atom is -0.344 e. The third-order valence-corrected chi connectivity index (χ3v) is 3.89. The summed E-state index contributed by atoms with van der Waals surface area (Å²) >= 11 is 0. The Morgan fingerprint density at radius 3 is 0.657 bits per heavy atom. The molecular weight excluding hydrogens is 727 g/mol. The molecule has 0 unspecified atom stereocenters. The highest BCUT2D eigenvalue weighted by molar-refractivity contribution is 8.09. The molecule has 0 spiro atoms. The second-order valence-corrected chi connectivity index (χ2v) is 12.8. The van der Waals surface area contributed by atoms with Gasteiger partial charge in [0, 0.05) is 0 Å². The summed E-state index contributed by atoms with van der Waals surface area (Å²) in [5.74, 6) is 0. The average molecular weight is 733 g/mol. The van der Waals surface area contributed by atoms with E-state index in [2.05, 4.69) is 26.5 Å². The maximum atomic E-state index is 11.3. The van der Waals surface area contributed by atoms with Crippen molar-refractivity contribution in [3.05, 3.63) is 0 Å². The minimum absolute atomic E-state index is 0. The SMILES string of the molecule is N.NS(=O)(=O)F.O=S(=O)(F)Cl.O=S(=O)(F)Cl.O=S(=O)(F)N(F)S(=O)(=O)F.O=S(=O)(F)NS(=O)(=O)F. The standard InChI is InChI=1S/2ClFO2S.F3NO4S2.F2HNO4S2.FH2NO2S.H3N/c2*1-5(2,3)4;1-4(9(2,5)6)10(3,7)8;1-8(4,5)3-9(2,6)7;1-5(2,3)4;/h;;;3H;(H2,2,3,4);1H3. The van der Waals surface area contributed by atoms with Crippen molar-refractivity contribution < 1.29 is 90.6 Å². The summed E-state index contributed by atoms with van der Waals surface area (Å²) in [7, 11) is -29.7. The normalized spacial score (nSPS) is 12.5. The molecule has 35 heteroatoms. The van der Waals surface area contributed by atoms with Crippen LogP contribution in [0.1, 0.15) is 0 Å². The Labute approximate surface area is 201 Å². The number of rotatable bonds is 4. The summed E-state index contributed by atoms with van der Waals surface area (Å²) < 4.78 is 211. The van der Waals surface area contributed by atoms with Crippen LogP contribution in [0.3, 0.4) is 0 Å². The Hall–Kier alpha value is -0.490. The number of nitrogens with zero attached hydrogens (tertiary/aromatic N) is 1. The molecule has 0 heterocycles. The van der Waals surface area contributed by atoms with Crippen LogP contribution >= 0.6 is 21.4 Å². The molecule has 6 N–H and O–H groups in total. The highest BCUT2D eigenvalue weighted by Crippen LogP contribution is 2.11. The number of halogens is 10. The maximum absolute atomic E-state index is 11.3. The summed E-state index contributed by atoms with van der Waals surface area (Å²) in [6.07, 6.45) is 0. The predicted molar refractivity (Wildman–Crippen MR) is 97.2 cm³/mol. The first kappa shape index (κ1) is 47.7. The van der Waals surface area contributed by atoms with Crippen molar-refractivity contribution >= 4 is 92.3 Å². The number of nitrogens with two attached hydrogens (primary N) is 1. The lowest BCUT2D eigenvalue weighted by atomic mass is 13.7. The van der Waals surface area contributed by atoms with Gasteiger partial charge in [-0.3, -0.25) is 0 Å². The molecule has 0 saturated heterocycles. The summed E-state index contributed by atoms with van der Waals surface area (Å²) in [5.41, 5.74) is 0. The third kappa shape index (κ3) is 109. The Bertz CT molecular complexity index is 1210. The van der Waals surface area contributed by atoms with Crippen molar-refractivity contribution in [2.45, 2.75) is 0 Å². The molecule has 0 fully saturated rings. The Balaban J connectivity index is -0.0000000774. The van der Waals surface area contributed by atoms with Gasteiger partial charge < -0.3 is 6.15 Å². The first-order valence-electron chi connectivity index (χ1n) is 4.90. The van der Waals surface area contributed by atoms with E-state index in [-0.39, 0.29) is 10.3 Å². The van der Waals surface area contributed by atoms with Crippen molar-refractivity contribution in [3.8, 4) is 0 Å². The first-order chi connectivity index (χ1) is 13.9. The monoisotopic (exact) mass is 732 g/mol. The van der Waals surface area contributed by atoms with Gasteiger partial charge in [-0.25, -0.2) is 5.14 Å². The van der Waals surface area contributed by atoms with Gasteiger partial charge >= 0.3 is 70.9 Å². The molecule has 0 aliphatic heterocycles. The summed E-state index contributed by atoms with van der Waals surface area (Å²) in [6.45, 7) is 0. The second-order valence-electron chi connectivity index (χ2n) is 3.23. The summed E-state index contributed by atoms with van der Waals surface area (Å²) in [6, 6.07) is 0. The molecule has 0 aromatic heterocycles. The molecule has 0 atom stereocenters. The van der Waals surface area contributed by atoms with E-state index >= 15 is 0 Å². The van der Waals surface area contributed by atoms with Crippen LogP contribution in [0.15, 0.2) is 0 Å². The van der Waals surface area contributed by atoms with E-state index in [1.807, 2.05) is 0 Å². The molecule has 222 valence electrons. The molecule has 0 bridgehead atoms. The van der Waals surface area contributed by atoms with E-state index in [0.29, 0.717) is 0 Å². The lowest BCUT2D eigenvalue weighted by Crippen LogP contribution is -2.23. The van der Waals surface area contributed by atoms with Crippen molar-refractivity contribution in [2.24, 2.45) is 5.14 Å². The van der Waals surface area contributed by atoms with Gasteiger partial charge in [0.25, 0.3) is 0 Å². The molecule has 0 aromatic carbocycles. The van der Waals surface area contributed by atoms with Gasteiger partial charge in [0.15, 0.2) is 0 Å². The maximum Gasteiger partial charge on any atom is 0.418 e. The van der Waals surface area contributed by atoms with Crippen LogP contribution in [-0.4, -0.2) is 62.9 Å². The number of nitrogens with one attached hydrogen (secondary N) is 1. The van der Waals surface area contributed by atoms with E-state index in [0.717, 1.165) is 0 Å². The molecule has 0 rings (SSSR count). The zero-order chi connectivity index (χ0) is 29.8. The molecule has 0 radical (unpaired) electrons. The van der Waals surface area contributed by atoms with Gasteiger partial charge in [-0.05, 0) is 0 Å². The van der Waals surface area contributed by atoms with Crippen LogP contribution in [0, 0.1) is 0 Å². The van der Waals surface area contributed by atoms with Crippen LogP contribution in [0.25, 0.3) is 0 Å². The average Bonchev–Trinajstić information content (AvgIpc) is 2.24. The van der Waals surface area contributed by atoms with E-state index in [4.69, 9.17) is 25.3 Å². The molecule has 0 aliphatic carbocycles. The molecule has 0 amide bonds. The lowest BCUT2D eigenvalue weighted by Gasteiger charge is -1.96. The van der Waals surface area contributed by atoms with Gasteiger partial charge in [-0.1, -0.05) is 35.8 Å². The quantitative estimate of drug-likeness (QED) is 0.174. The van der Waals surface area contributed by atoms with E-state index < -0.39 is 74.9 Å². The highest BCUT2D eigenvalue weighted by Gasteiger charge is 2.34. The number of hydrogen-bond donors (Lipinski definition) is 3. The smallest absolute Gasteiger partial charge is 0.344 e. The molecule has 35 heavy (non-hydrogen) atoms. The van der Waals surface area contributed by atoms with Crippen LogP contribution < -0.4 is 15.4 Å². The van der Waals surface area contributed by atoms with Crippen LogP contribution in [0.2, 0.25) is 0 Å². The fraction of sp³-hybridized carbons (Fsp3) is 0. The fourth-order valence-corrected chi connectivity index (χ4v) is 2.03. The molecule has 0 saturated carbocycles. The molecule has 18 nitrogen and oxygen atoms in total. The predicted octanol–water partition coefficient (Wildman–Crippen LogP) is -1.19. The molecule has 0 aromatic rings. The van der Waals surface area contributed by atoms with Crippen molar-refractivity contribution in [2.75, 3.05) is 0 Å². The number of hydrogen-bond acceptors (Lipinski definition) is 15. The van der Waals surface area contributed by atoms with Gasteiger partial charge in [0.05, 0.1) is 21.4 Å².